The summed E-state index contributed by atoms with van der Waals surface area (Å²) in [5.74, 6) is 1.69. The lowest BCUT2D eigenvalue weighted by Gasteiger charge is -2.13. The highest BCUT2D eigenvalue weighted by molar-refractivity contribution is 6.11. The molecule has 0 aliphatic rings. The standard InChI is InChI=1S/C20H17NO2/c1-22-18-12-6-5-11-17(18)21-16-10-4-3-8-14(16)15-9-7-13-19(23-2)20(15)21/h3-13H,1-2H3. The van der Waals surface area contributed by atoms with Crippen LogP contribution in [-0.2, 0) is 0 Å². The maximum Gasteiger partial charge on any atom is 0.143 e. The number of rotatable bonds is 3. The van der Waals surface area contributed by atoms with Crippen LogP contribution in [0.25, 0.3) is 27.5 Å². The molecule has 3 heteroatoms. The van der Waals surface area contributed by atoms with Crippen LogP contribution in [0.1, 0.15) is 0 Å². The molecule has 0 saturated carbocycles. The summed E-state index contributed by atoms with van der Waals surface area (Å²) in [5, 5.41) is 2.37. The van der Waals surface area contributed by atoms with Crippen LogP contribution in [-0.4, -0.2) is 18.8 Å². The lowest BCUT2D eigenvalue weighted by Crippen LogP contribution is -1.99. The van der Waals surface area contributed by atoms with Crippen molar-refractivity contribution < 1.29 is 9.47 Å². The Labute approximate surface area is 134 Å². The normalized spacial score (nSPS) is 11.0. The third-order valence-electron chi connectivity index (χ3n) is 4.20. The van der Waals surface area contributed by atoms with Gasteiger partial charge in [0.1, 0.15) is 11.5 Å². The highest BCUT2D eigenvalue weighted by Crippen LogP contribution is 2.39. The van der Waals surface area contributed by atoms with E-state index in [4.69, 9.17) is 9.47 Å². The molecule has 3 nitrogen and oxygen atoms in total. The van der Waals surface area contributed by atoms with Crippen molar-refractivity contribution in [3.63, 3.8) is 0 Å². The van der Waals surface area contributed by atoms with Crippen LogP contribution in [0.2, 0.25) is 0 Å². The van der Waals surface area contributed by atoms with Crippen LogP contribution < -0.4 is 9.47 Å². The number of hydrogen-bond acceptors (Lipinski definition) is 2. The molecule has 23 heavy (non-hydrogen) atoms. The second kappa shape index (κ2) is 5.36. The monoisotopic (exact) mass is 303 g/mol. The van der Waals surface area contributed by atoms with Gasteiger partial charge in [-0.25, -0.2) is 0 Å². The summed E-state index contributed by atoms with van der Waals surface area (Å²) in [6.07, 6.45) is 0. The van der Waals surface area contributed by atoms with Crippen LogP contribution >= 0.6 is 0 Å². The van der Waals surface area contributed by atoms with Crippen molar-refractivity contribution in [1.82, 2.24) is 4.57 Å². The first kappa shape index (κ1) is 13.7. The predicted octanol–water partition coefficient (Wildman–Crippen LogP) is 4.80. The molecule has 0 atom stereocenters. The third kappa shape index (κ3) is 1.97. The molecule has 3 aromatic carbocycles. The van der Waals surface area contributed by atoms with Crippen LogP contribution in [0.4, 0.5) is 0 Å². The maximum atomic E-state index is 5.63. The van der Waals surface area contributed by atoms with Gasteiger partial charge in [0.15, 0.2) is 0 Å². The molecule has 0 bridgehead atoms. The van der Waals surface area contributed by atoms with Gasteiger partial charge < -0.3 is 14.0 Å². The summed E-state index contributed by atoms with van der Waals surface area (Å²) in [4.78, 5) is 0. The second-order valence-corrected chi connectivity index (χ2v) is 5.38. The molecule has 1 aromatic heterocycles. The molecule has 1 heterocycles. The molecule has 0 amide bonds. The van der Waals surface area contributed by atoms with E-state index in [2.05, 4.69) is 41.0 Å². The predicted molar refractivity (Wildman–Crippen MR) is 93.9 cm³/mol. The largest absolute Gasteiger partial charge is 0.495 e. The molecule has 0 fully saturated rings. The lowest BCUT2D eigenvalue weighted by molar-refractivity contribution is 0.412. The topological polar surface area (TPSA) is 23.4 Å². The number of fused-ring (bicyclic) bond motifs is 3. The van der Waals surface area contributed by atoms with Gasteiger partial charge in [0.05, 0.1) is 30.9 Å². The van der Waals surface area contributed by atoms with Crippen molar-refractivity contribution >= 4 is 21.8 Å². The first-order valence-electron chi connectivity index (χ1n) is 7.54. The van der Waals surface area contributed by atoms with Crippen molar-refractivity contribution in [2.75, 3.05) is 14.2 Å². The summed E-state index contributed by atoms with van der Waals surface area (Å²) in [5.41, 5.74) is 3.20. The molecule has 0 aliphatic heterocycles. The van der Waals surface area contributed by atoms with E-state index < -0.39 is 0 Å². The Balaban J connectivity index is 2.23. The van der Waals surface area contributed by atoms with Gasteiger partial charge in [-0.1, -0.05) is 42.5 Å². The fraction of sp³-hybridized carbons (Fsp3) is 0.100. The number of benzene rings is 3. The molecule has 0 unspecified atom stereocenters. The minimum Gasteiger partial charge on any atom is -0.495 e. The number of aromatic nitrogens is 1. The zero-order valence-electron chi connectivity index (χ0n) is 13.1. The summed E-state index contributed by atoms with van der Waals surface area (Å²) in [7, 11) is 3.41. The van der Waals surface area contributed by atoms with Crippen LogP contribution in [0.15, 0.2) is 66.7 Å². The molecule has 4 aromatic rings. The van der Waals surface area contributed by atoms with Crippen LogP contribution in [0.3, 0.4) is 0 Å². The van der Waals surface area contributed by atoms with E-state index in [-0.39, 0.29) is 0 Å². The Morgan fingerprint density at radius 3 is 2.13 bits per heavy atom. The second-order valence-electron chi connectivity index (χ2n) is 5.38. The van der Waals surface area contributed by atoms with Gasteiger partial charge in [-0.3, -0.25) is 0 Å². The SMILES string of the molecule is COc1ccccc1-n1c2ccccc2c2cccc(OC)c21. The van der Waals surface area contributed by atoms with E-state index in [1.165, 1.54) is 10.8 Å². The van der Waals surface area contributed by atoms with E-state index in [9.17, 15) is 0 Å². The van der Waals surface area contributed by atoms with Crippen molar-refractivity contribution in [3.05, 3.63) is 66.7 Å². The lowest BCUT2D eigenvalue weighted by atomic mass is 10.1. The summed E-state index contributed by atoms with van der Waals surface area (Å²) in [6, 6.07) is 22.6. The highest BCUT2D eigenvalue weighted by atomic mass is 16.5. The van der Waals surface area contributed by atoms with Gasteiger partial charge in [0.2, 0.25) is 0 Å². The minimum absolute atomic E-state index is 0.834. The summed E-state index contributed by atoms with van der Waals surface area (Å²) in [6.45, 7) is 0. The molecule has 114 valence electrons. The molecule has 0 spiro atoms. The first-order valence-corrected chi connectivity index (χ1v) is 7.54. The van der Waals surface area contributed by atoms with E-state index in [0.717, 1.165) is 28.2 Å². The molecule has 0 radical (unpaired) electrons. The fourth-order valence-electron chi connectivity index (χ4n) is 3.22. The Morgan fingerprint density at radius 2 is 1.30 bits per heavy atom. The van der Waals surface area contributed by atoms with Gasteiger partial charge in [-0.15, -0.1) is 0 Å². The van der Waals surface area contributed by atoms with Crippen molar-refractivity contribution in [2.45, 2.75) is 0 Å². The van der Waals surface area contributed by atoms with Crippen molar-refractivity contribution in [3.8, 4) is 17.2 Å². The molecule has 0 aliphatic carbocycles. The average molecular weight is 303 g/mol. The van der Waals surface area contributed by atoms with Gasteiger partial charge in [0, 0.05) is 10.8 Å². The van der Waals surface area contributed by atoms with Crippen LogP contribution in [0, 0.1) is 0 Å². The number of hydrogen-bond donors (Lipinski definition) is 0. The first-order chi connectivity index (χ1) is 11.3. The maximum absolute atomic E-state index is 5.63. The van der Waals surface area contributed by atoms with Crippen LogP contribution in [0.5, 0.6) is 11.5 Å². The van der Waals surface area contributed by atoms with E-state index in [1.54, 1.807) is 14.2 Å². The molecule has 0 N–H and O–H groups in total. The average Bonchev–Trinajstić information content (AvgIpc) is 2.96. The summed E-state index contributed by atoms with van der Waals surface area (Å²) < 4.78 is 13.4. The zero-order chi connectivity index (χ0) is 15.8. The van der Waals surface area contributed by atoms with Gasteiger partial charge >= 0.3 is 0 Å². The highest BCUT2D eigenvalue weighted by Gasteiger charge is 2.17. The molecule has 0 saturated heterocycles. The minimum atomic E-state index is 0.834. The number of methoxy groups -OCH3 is 2. The smallest absolute Gasteiger partial charge is 0.143 e. The Kier molecular flexibility index (Phi) is 3.19. The van der Waals surface area contributed by atoms with Gasteiger partial charge in [-0.05, 0) is 24.3 Å². The van der Waals surface area contributed by atoms with Crippen molar-refractivity contribution in [1.29, 1.82) is 0 Å². The quantitative estimate of drug-likeness (QED) is 0.542. The summed E-state index contributed by atoms with van der Waals surface area (Å²) >= 11 is 0. The van der Waals surface area contributed by atoms with Crippen molar-refractivity contribution in [2.24, 2.45) is 0 Å². The fourth-order valence-corrected chi connectivity index (χ4v) is 3.22. The Hall–Kier alpha value is -2.94. The van der Waals surface area contributed by atoms with Gasteiger partial charge in [0.25, 0.3) is 0 Å². The van der Waals surface area contributed by atoms with E-state index in [1.807, 2.05) is 30.3 Å². The number of nitrogens with zero attached hydrogens (tertiary/aromatic N) is 1. The molecule has 4 rings (SSSR count). The van der Waals surface area contributed by atoms with E-state index >= 15 is 0 Å². The van der Waals surface area contributed by atoms with Gasteiger partial charge in [-0.2, -0.15) is 0 Å². The Bertz CT molecular complexity index is 1000. The zero-order valence-corrected chi connectivity index (χ0v) is 13.1. The van der Waals surface area contributed by atoms with E-state index in [0.29, 0.717) is 0 Å². The molecular weight excluding hydrogens is 286 g/mol. The molecular formula is C20H17NO2. The number of para-hydroxylation sites is 4. The number of ether oxygens (including phenoxy) is 2. The third-order valence-corrected chi connectivity index (χ3v) is 4.20. The Morgan fingerprint density at radius 1 is 0.652 bits per heavy atom.